The van der Waals surface area contributed by atoms with Crippen LogP contribution in [0.25, 0.3) is 5.69 Å². The Morgan fingerprint density at radius 2 is 2.17 bits per heavy atom. The lowest BCUT2D eigenvalue weighted by Crippen LogP contribution is -2.51. The van der Waals surface area contributed by atoms with E-state index in [1.54, 1.807) is 24.1 Å². The zero-order chi connectivity index (χ0) is 16.3. The van der Waals surface area contributed by atoms with Crippen molar-refractivity contribution < 1.29 is 9.53 Å². The van der Waals surface area contributed by atoms with Gasteiger partial charge >= 0.3 is 0 Å². The average molecular weight is 371 g/mol. The number of methoxy groups -OCH3 is 1. The maximum Gasteiger partial charge on any atom is 0.256 e. The number of aromatic nitrogens is 2. The van der Waals surface area contributed by atoms with Gasteiger partial charge in [-0.25, -0.2) is 4.68 Å². The summed E-state index contributed by atoms with van der Waals surface area (Å²) in [6, 6.07) is 7.18. The van der Waals surface area contributed by atoms with Gasteiger partial charge in [0.2, 0.25) is 0 Å². The molecule has 6 nitrogen and oxygen atoms in total. The van der Waals surface area contributed by atoms with E-state index in [-0.39, 0.29) is 18.3 Å². The summed E-state index contributed by atoms with van der Waals surface area (Å²) in [6.45, 7) is 1.53. The fourth-order valence-corrected chi connectivity index (χ4v) is 3.05. The number of carbonyl (C=O) groups is 1. The Morgan fingerprint density at radius 1 is 1.42 bits per heavy atom. The minimum Gasteiger partial charge on any atom is -0.368 e. The van der Waals surface area contributed by atoms with Gasteiger partial charge in [0.15, 0.2) is 0 Å². The molecule has 0 bridgehead atoms. The predicted octanol–water partition coefficient (Wildman–Crippen LogP) is 2.65. The molecule has 8 heteroatoms. The summed E-state index contributed by atoms with van der Waals surface area (Å²) >= 11 is 6.31. The lowest BCUT2D eigenvalue weighted by molar-refractivity contribution is -0.140. The number of anilines is 1. The number of amides is 1. The molecular formula is C16H20Cl2N4O2. The van der Waals surface area contributed by atoms with Gasteiger partial charge in [-0.3, -0.25) is 4.79 Å². The first-order valence-electron chi connectivity index (χ1n) is 7.51. The van der Waals surface area contributed by atoms with Gasteiger partial charge in [0.1, 0.15) is 5.60 Å². The van der Waals surface area contributed by atoms with Crippen molar-refractivity contribution in [2.75, 3.05) is 25.5 Å². The van der Waals surface area contributed by atoms with Gasteiger partial charge in [-0.05, 0) is 50.2 Å². The minimum absolute atomic E-state index is 0. The quantitative estimate of drug-likeness (QED) is 0.867. The van der Waals surface area contributed by atoms with Crippen LogP contribution in [0.4, 0.5) is 5.69 Å². The Hall–Kier alpha value is -1.60. The molecule has 1 aliphatic heterocycles. The van der Waals surface area contributed by atoms with Crippen molar-refractivity contribution in [3.63, 3.8) is 0 Å². The van der Waals surface area contributed by atoms with E-state index in [1.807, 2.05) is 24.4 Å². The average Bonchev–Trinajstić information content (AvgIpc) is 3.09. The SMILES string of the molecule is COC1(C(=O)Nc2ccc(-n3cccn3)c(Cl)c2)CCNCC1.Cl. The molecule has 3 rings (SSSR count). The van der Waals surface area contributed by atoms with Crippen LogP contribution in [0, 0.1) is 0 Å². The molecule has 1 aromatic carbocycles. The Bertz CT molecular complexity index is 685. The molecule has 0 radical (unpaired) electrons. The van der Waals surface area contributed by atoms with Crippen molar-refractivity contribution in [2.24, 2.45) is 0 Å². The monoisotopic (exact) mass is 370 g/mol. The lowest BCUT2D eigenvalue weighted by atomic mass is 9.91. The molecule has 1 aliphatic rings. The van der Waals surface area contributed by atoms with Crippen LogP contribution in [-0.4, -0.2) is 41.5 Å². The van der Waals surface area contributed by atoms with Crippen LogP contribution in [-0.2, 0) is 9.53 Å². The molecule has 2 N–H and O–H groups in total. The molecule has 2 heterocycles. The summed E-state index contributed by atoms with van der Waals surface area (Å²) in [6.07, 6.45) is 4.79. The number of piperidine rings is 1. The second-order valence-electron chi connectivity index (χ2n) is 5.52. The number of hydrogen-bond acceptors (Lipinski definition) is 4. The molecule has 1 aromatic heterocycles. The van der Waals surface area contributed by atoms with Gasteiger partial charge in [-0.1, -0.05) is 11.6 Å². The number of benzene rings is 1. The Labute approximate surface area is 151 Å². The summed E-state index contributed by atoms with van der Waals surface area (Å²) < 4.78 is 7.20. The number of nitrogens with one attached hydrogen (secondary N) is 2. The highest BCUT2D eigenvalue weighted by Gasteiger charge is 2.39. The van der Waals surface area contributed by atoms with Crippen LogP contribution in [0.3, 0.4) is 0 Å². The molecule has 24 heavy (non-hydrogen) atoms. The van der Waals surface area contributed by atoms with Crippen LogP contribution in [0.1, 0.15) is 12.8 Å². The van der Waals surface area contributed by atoms with E-state index >= 15 is 0 Å². The van der Waals surface area contributed by atoms with E-state index in [0.717, 1.165) is 18.8 Å². The van der Waals surface area contributed by atoms with E-state index in [1.165, 1.54) is 0 Å². The molecule has 1 amide bonds. The molecule has 0 saturated carbocycles. The van der Waals surface area contributed by atoms with Crippen molar-refractivity contribution >= 4 is 35.6 Å². The number of carbonyl (C=O) groups excluding carboxylic acids is 1. The van der Waals surface area contributed by atoms with Crippen LogP contribution < -0.4 is 10.6 Å². The number of rotatable bonds is 4. The normalized spacial score (nSPS) is 16.2. The summed E-state index contributed by atoms with van der Waals surface area (Å²) in [4.78, 5) is 12.6. The largest absolute Gasteiger partial charge is 0.368 e. The molecule has 0 atom stereocenters. The van der Waals surface area contributed by atoms with Crippen molar-refractivity contribution in [3.05, 3.63) is 41.7 Å². The van der Waals surface area contributed by atoms with Crippen LogP contribution in [0.2, 0.25) is 5.02 Å². The smallest absolute Gasteiger partial charge is 0.256 e. The molecule has 0 unspecified atom stereocenters. The highest BCUT2D eigenvalue weighted by Crippen LogP contribution is 2.27. The van der Waals surface area contributed by atoms with Crippen molar-refractivity contribution in [1.29, 1.82) is 0 Å². The van der Waals surface area contributed by atoms with Gasteiger partial charge in [-0.2, -0.15) is 5.10 Å². The van der Waals surface area contributed by atoms with Crippen molar-refractivity contribution in [2.45, 2.75) is 18.4 Å². The Morgan fingerprint density at radius 3 is 2.75 bits per heavy atom. The Kier molecular flexibility index (Phi) is 6.23. The number of hydrogen-bond donors (Lipinski definition) is 2. The summed E-state index contributed by atoms with van der Waals surface area (Å²) in [5.74, 6) is -0.135. The molecular weight excluding hydrogens is 351 g/mol. The second-order valence-corrected chi connectivity index (χ2v) is 5.93. The maximum atomic E-state index is 12.6. The third-order valence-corrected chi connectivity index (χ3v) is 4.48. The zero-order valence-electron chi connectivity index (χ0n) is 13.3. The third kappa shape index (κ3) is 3.72. The standard InChI is InChI=1S/C16H19ClN4O2.ClH/c1-23-16(5-8-18-9-6-16)15(22)20-12-3-4-14(13(17)11-12)21-10-2-7-19-21;/h2-4,7,10-11,18H,5-6,8-9H2,1H3,(H,20,22);1H. The summed E-state index contributed by atoms with van der Waals surface area (Å²) in [7, 11) is 1.58. The highest BCUT2D eigenvalue weighted by molar-refractivity contribution is 6.32. The first-order valence-corrected chi connectivity index (χ1v) is 7.89. The van der Waals surface area contributed by atoms with Crippen LogP contribution in [0.15, 0.2) is 36.7 Å². The van der Waals surface area contributed by atoms with Crippen LogP contribution in [0.5, 0.6) is 0 Å². The van der Waals surface area contributed by atoms with E-state index in [4.69, 9.17) is 16.3 Å². The van der Waals surface area contributed by atoms with E-state index in [9.17, 15) is 4.79 Å². The predicted molar refractivity (Wildman–Crippen MR) is 96.3 cm³/mol. The molecule has 130 valence electrons. The molecule has 1 fully saturated rings. The van der Waals surface area contributed by atoms with Gasteiger partial charge in [-0.15, -0.1) is 12.4 Å². The number of nitrogens with zero attached hydrogens (tertiary/aromatic N) is 2. The Balaban J connectivity index is 0.00000208. The highest BCUT2D eigenvalue weighted by atomic mass is 35.5. The number of halogens is 2. The van der Waals surface area contributed by atoms with E-state index in [2.05, 4.69) is 15.7 Å². The van der Waals surface area contributed by atoms with E-state index < -0.39 is 5.60 Å². The zero-order valence-corrected chi connectivity index (χ0v) is 14.9. The van der Waals surface area contributed by atoms with Gasteiger partial charge < -0.3 is 15.4 Å². The molecule has 2 aromatic rings. The summed E-state index contributed by atoms with van der Waals surface area (Å²) in [5.41, 5.74) is 0.627. The van der Waals surface area contributed by atoms with Gasteiger partial charge in [0.05, 0.1) is 10.7 Å². The molecule has 1 saturated heterocycles. The van der Waals surface area contributed by atoms with E-state index in [0.29, 0.717) is 23.6 Å². The maximum absolute atomic E-state index is 12.6. The topological polar surface area (TPSA) is 68.2 Å². The first-order chi connectivity index (χ1) is 11.1. The fourth-order valence-electron chi connectivity index (χ4n) is 2.78. The molecule has 0 spiro atoms. The van der Waals surface area contributed by atoms with Crippen LogP contribution >= 0.6 is 24.0 Å². The minimum atomic E-state index is -0.779. The number of ether oxygens (including phenoxy) is 1. The van der Waals surface area contributed by atoms with Crippen molar-refractivity contribution in [1.82, 2.24) is 15.1 Å². The lowest BCUT2D eigenvalue weighted by Gasteiger charge is -2.34. The van der Waals surface area contributed by atoms with Crippen molar-refractivity contribution in [3.8, 4) is 5.69 Å². The third-order valence-electron chi connectivity index (χ3n) is 4.17. The van der Waals surface area contributed by atoms with Gasteiger partial charge in [0.25, 0.3) is 5.91 Å². The summed E-state index contributed by atoms with van der Waals surface area (Å²) in [5, 5.41) is 10.8. The fraction of sp³-hybridized carbons (Fsp3) is 0.375. The second kappa shape index (κ2) is 7.98. The molecule has 0 aliphatic carbocycles. The first kappa shape index (κ1) is 18.7. The van der Waals surface area contributed by atoms with Gasteiger partial charge in [0, 0.05) is 25.2 Å².